The number of aliphatic imine (C=N–C) groups is 1. The maximum atomic E-state index is 15.4. The number of benzene rings is 4. The first-order valence-electron chi connectivity index (χ1n) is 24.5. The molecule has 22 heteroatoms. The summed E-state index contributed by atoms with van der Waals surface area (Å²) < 4.78 is 49.1. The predicted octanol–water partition coefficient (Wildman–Crippen LogP) is 17.3. The number of H-pyrrole nitrogens is 1. The zero-order valence-corrected chi connectivity index (χ0v) is 58.5. The molecular weight excluding hydrogens is 1750 g/mol. The molecule has 3 aliphatic heterocycles. The average Bonchev–Trinajstić information content (AvgIpc) is 4.31. The molecule has 11 nitrogen and oxygen atoms in total. The quantitative estimate of drug-likeness (QED) is 0.135. The molecule has 1 N–H and O–H groups in total. The summed E-state index contributed by atoms with van der Waals surface area (Å²) in [6, 6.07) is 26.6. The third kappa shape index (κ3) is 17.9. The van der Waals surface area contributed by atoms with Crippen LogP contribution in [0.15, 0.2) is 127 Å². The van der Waals surface area contributed by atoms with Crippen LogP contribution in [0.25, 0.3) is 22.2 Å². The number of allylic oxidation sites excluding steroid dienone is 1. The van der Waals surface area contributed by atoms with Gasteiger partial charge in [0.05, 0.1) is 72.5 Å². The van der Waals surface area contributed by atoms with E-state index < -0.39 is 0 Å². The van der Waals surface area contributed by atoms with Crippen LogP contribution in [0.2, 0.25) is 0 Å². The summed E-state index contributed by atoms with van der Waals surface area (Å²) in [5, 5.41) is 27.8. The van der Waals surface area contributed by atoms with E-state index in [0.717, 1.165) is 103 Å². The van der Waals surface area contributed by atoms with Crippen molar-refractivity contribution < 1.29 is 27.6 Å². The second kappa shape index (κ2) is 34.0. The summed E-state index contributed by atoms with van der Waals surface area (Å²) in [7, 11) is 0.628. The van der Waals surface area contributed by atoms with E-state index in [-0.39, 0.29) is 58.4 Å². The second-order valence-electron chi connectivity index (χ2n) is 17.4. The molecule has 2 unspecified atom stereocenters. The molecule has 0 amide bonds. The van der Waals surface area contributed by atoms with Crippen LogP contribution >= 0.6 is 124 Å². The van der Waals surface area contributed by atoms with E-state index in [9.17, 15) is 14.0 Å². The molecule has 0 saturated carbocycles. The fourth-order valence-electron chi connectivity index (χ4n) is 9.44. The van der Waals surface area contributed by atoms with Gasteiger partial charge in [-0.15, -0.1) is 24.0 Å². The Morgan fingerprint density at radius 1 is 0.705 bits per heavy atom. The van der Waals surface area contributed by atoms with Crippen LogP contribution < -0.4 is 0 Å². The minimum absolute atomic E-state index is 0. The Hall–Kier alpha value is -2.73. The topological polar surface area (TPSA) is 153 Å². The summed E-state index contributed by atoms with van der Waals surface area (Å²) in [6.45, 7) is 6.55. The van der Waals surface area contributed by atoms with E-state index in [0.29, 0.717) is 49.4 Å². The van der Waals surface area contributed by atoms with E-state index in [1.165, 1.54) is 17.7 Å². The summed E-state index contributed by atoms with van der Waals surface area (Å²) >= 11 is 12.1. The summed E-state index contributed by atoms with van der Waals surface area (Å²) in [6.07, 6.45) is 22.8. The van der Waals surface area contributed by atoms with E-state index in [2.05, 4.69) is 142 Å². The number of nitrogens with one attached hydrogen (secondary N) is 1. The van der Waals surface area contributed by atoms with Gasteiger partial charge in [-0.25, -0.2) is 28.1 Å². The summed E-state index contributed by atoms with van der Waals surface area (Å²) in [4.78, 5) is 19.8. The van der Waals surface area contributed by atoms with Gasteiger partial charge in [-0.2, -0.15) is 15.8 Å². The fraction of sp³-hybridized carbons (Fsp3) is 0.268. The van der Waals surface area contributed by atoms with E-state index in [1.54, 1.807) is 49.3 Å². The Balaban J connectivity index is 0.000000212. The fourth-order valence-corrected chi connectivity index (χ4v) is 9.44. The zero-order valence-electron chi connectivity index (χ0n) is 42.6. The minimum atomic E-state index is -0.342. The number of hydrogen-bond acceptors (Lipinski definition) is 7. The van der Waals surface area contributed by atoms with Crippen LogP contribution in [0.1, 0.15) is 121 Å². The molecule has 0 radical (unpaired) electrons. The van der Waals surface area contributed by atoms with E-state index in [1.807, 2.05) is 96.5 Å². The van der Waals surface area contributed by atoms with Crippen LogP contribution in [0.5, 0.6) is 0 Å². The number of nitriles is 3. The Kier molecular flexibility index (Phi) is 28.8. The third-order valence-corrected chi connectivity index (χ3v) is 12.9. The summed E-state index contributed by atoms with van der Waals surface area (Å²) in [5.41, 5.74) is 11.7. The van der Waals surface area contributed by atoms with Crippen LogP contribution in [0.3, 0.4) is 0 Å². The second-order valence-corrected chi connectivity index (χ2v) is 64.5. The van der Waals surface area contributed by atoms with Crippen molar-refractivity contribution in [1.82, 2.24) is 33.6 Å². The Morgan fingerprint density at radius 3 is 1.78 bits per heavy atom. The molecule has 78 heavy (non-hydrogen) atoms. The number of fused-ring (bicyclic) bond motifs is 3. The number of imidazole rings is 3. The monoisotopic (exact) mass is 1800 g/mol. The van der Waals surface area contributed by atoms with E-state index in [4.69, 9.17) is 10.5 Å². The first kappa shape index (κ1) is 66.1. The Bertz CT molecular complexity index is 3440. The first-order chi connectivity index (χ1) is 37.4. The molecule has 405 valence electrons. The van der Waals surface area contributed by atoms with E-state index >= 15 is 4.39 Å². The number of aryl methyl sites for hydroxylation is 4. The molecule has 2 atom stereocenters. The number of aromatic amines is 1. The maximum absolute atomic E-state index is 15.4. The van der Waals surface area contributed by atoms with Crippen LogP contribution in [-0.4, -0.2) is 39.9 Å². The number of rotatable bonds is 10. The Labute approximate surface area is 537 Å². The normalized spacial score (nSPS) is 14.1. The molecule has 4 aromatic heterocycles. The van der Waals surface area contributed by atoms with Gasteiger partial charge in [-0.3, -0.25) is 4.99 Å². The van der Waals surface area contributed by atoms with Gasteiger partial charge in [-0.1, -0.05) is 57.5 Å². The van der Waals surface area contributed by atoms with Crippen LogP contribution in [-0.2, 0) is 46.6 Å². The number of halogens is 9. The van der Waals surface area contributed by atoms with Gasteiger partial charge in [0.25, 0.3) is 0 Å². The molecule has 3 aliphatic rings. The number of nitrogens with zero attached hydrogens (tertiary/aromatic N) is 10. The molecular formula is C56H53F3I6N11V2. The number of hydrogen-bond donors (Lipinski definition) is 1. The Morgan fingerprint density at radius 2 is 1.24 bits per heavy atom. The molecule has 11 rings (SSSR count). The molecule has 8 aromatic rings. The van der Waals surface area contributed by atoms with Crippen molar-refractivity contribution in [3.63, 3.8) is 0 Å². The molecule has 0 fully saturated rings. The standard InChI is InChI=1S/C27H22FN5.C14H14FN3.C13H10FN3.C2H6.6HI.2V/c28-24-12-19(3-7-23(24)26-8-4-20-15-31-16-33(20)26)27-22(6-1-17-9-10-30-14-17)21-5-2-18(13-29)11-25(21)32-27;1-2-3-13-8-17-10-18(13)9-12-5-4-11(7-16)6-14(12)15;14-12-5-9(6-15)1-3-11(12)13-4-2-10-7-16-8-17(10)13;1-2;;;;;;;;/h2-3,5,7,10-12,14-16,26,32H,1,4,6,8-9H2;4-6,8,10H,2-3,9H2,1H3;1,3,5,7-8,13H,2,4H2;1-2H3;6*1H;;/q;;;;;;;;;;+2;+3/p-5. The average molecular weight is 1800 g/mol. The van der Waals surface area contributed by atoms with Crippen molar-refractivity contribution in [2.45, 2.75) is 97.2 Å². The predicted molar refractivity (Wildman–Crippen MR) is 350 cm³/mol. The van der Waals surface area contributed by atoms with Gasteiger partial charge in [-0.05, 0) is 98.5 Å². The van der Waals surface area contributed by atoms with Crippen molar-refractivity contribution in [2.24, 2.45) is 4.99 Å². The van der Waals surface area contributed by atoms with Crippen molar-refractivity contribution in [2.75, 3.05) is 0 Å². The van der Waals surface area contributed by atoms with Crippen LogP contribution in [0, 0.1) is 51.4 Å². The van der Waals surface area contributed by atoms with Gasteiger partial charge in [0.2, 0.25) is 0 Å². The van der Waals surface area contributed by atoms with Gasteiger partial charge in [0, 0.05) is 93.4 Å². The molecule has 0 spiro atoms. The first-order valence-corrected chi connectivity index (χ1v) is 47.0. The van der Waals surface area contributed by atoms with Gasteiger partial charge in [0.15, 0.2) is 0 Å². The summed E-state index contributed by atoms with van der Waals surface area (Å²) in [5.74, 6) is -0.853. The van der Waals surface area contributed by atoms with Gasteiger partial charge >= 0.3 is 114 Å². The molecule has 7 heterocycles. The van der Waals surface area contributed by atoms with Crippen molar-refractivity contribution in [1.29, 1.82) is 15.8 Å². The number of aromatic nitrogens is 7. The van der Waals surface area contributed by atoms with Crippen molar-refractivity contribution in [3.8, 4) is 29.5 Å². The SMILES string of the molecule is CC.CCCc1cncn1Cc1ccc(C#N)cc1F.I.N#Cc1ccc(C2CCc3cncn32)c(F)c1.N#Cc1ccc2c(CCC3=CN=CC3)c(-c3ccc(C4CCc5cncn54)c(F)c3)[nH]c2c1.[I][V]([I])[I].[I][V][I]. The molecule has 0 aliphatic carbocycles. The van der Waals surface area contributed by atoms with Crippen LogP contribution in [0.4, 0.5) is 13.2 Å². The molecule has 0 bridgehead atoms. The van der Waals surface area contributed by atoms with Crippen molar-refractivity contribution in [3.05, 3.63) is 196 Å². The van der Waals surface area contributed by atoms with Gasteiger partial charge < -0.3 is 18.7 Å². The van der Waals surface area contributed by atoms with Crippen molar-refractivity contribution >= 4 is 141 Å². The molecule has 4 aromatic carbocycles. The zero-order chi connectivity index (χ0) is 55.4. The third-order valence-electron chi connectivity index (χ3n) is 12.9. The van der Waals surface area contributed by atoms with Gasteiger partial charge in [0.1, 0.15) is 17.5 Å². The molecule has 0 saturated heterocycles.